The number of aromatic nitrogens is 3. The number of benzene rings is 2. The number of carbonyl (C=O) groups is 1. The molecule has 2 fully saturated rings. The Hall–Kier alpha value is -4.28. The molecule has 2 bridgehead atoms. The maximum atomic E-state index is 13.8. The number of carboxylic acid groups (broad SMARTS) is 1. The highest BCUT2D eigenvalue weighted by atomic mass is 19.4. The van der Waals surface area contributed by atoms with E-state index in [1.54, 1.807) is 23.2 Å². The van der Waals surface area contributed by atoms with Crippen molar-refractivity contribution < 1.29 is 23.1 Å². The number of likely N-dealkylation sites (tertiary alicyclic amines) is 1. The Balaban J connectivity index is 1.40. The van der Waals surface area contributed by atoms with Gasteiger partial charge < -0.3 is 15.3 Å². The smallest absolute Gasteiger partial charge is 0.416 e. The summed E-state index contributed by atoms with van der Waals surface area (Å²) in [6, 6.07) is 16.9. The summed E-state index contributed by atoms with van der Waals surface area (Å²) in [7, 11) is 0. The van der Waals surface area contributed by atoms with Crippen LogP contribution < -0.4 is 10.2 Å². The molecule has 8 nitrogen and oxygen atoms in total. The van der Waals surface area contributed by atoms with Crippen LogP contribution in [-0.4, -0.2) is 55.5 Å². The minimum absolute atomic E-state index is 0.112. The first kappa shape index (κ1) is 26.9. The molecule has 2 N–H and O–H groups in total. The fourth-order valence-electron chi connectivity index (χ4n) is 6.49. The minimum atomic E-state index is -4.51. The van der Waals surface area contributed by atoms with Crippen molar-refractivity contribution in [3.63, 3.8) is 0 Å². The maximum Gasteiger partial charge on any atom is 0.416 e. The van der Waals surface area contributed by atoms with Crippen molar-refractivity contribution >= 4 is 28.6 Å². The van der Waals surface area contributed by atoms with Crippen LogP contribution in [-0.2, 0) is 12.7 Å². The monoisotopic (exact) mass is 564 g/mol. The van der Waals surface area contributed by atoms with Gasteiger partial charge in [-0.25, -0.2) is 14.5 Å². The quantitative estimate of drug-likeness (QED) is 0.270. The first-order valence-corrected chi connectivity index (χ1v) is 13.7. The SMILES string of the molecule is CC(C)C[C@@]12C[C@@H](CN1C(=O)O)N(c1nn(-c3ccnc(NCc4ccccc4)c3)c3cc(C(F)(F)F)ccc13)C2. The molecule has 0 spiro atoms. The molecule has 2 aromatic carbocycles. The molecular formula is C30H31F3N6O2. The molecule has 2 saturated heterocycles. The molecule has 11 heteroatoms. The molecule has 41 heavy (non-hydrogen) atoms. The van der Waals surface area contributed by atoms with E-state index < -0.39 is 23.4 Å². The summed E-state index contributed by atoms with van der Waals surface area (Å²) in [4.78, 5) is 20.1. The predicted octanol–water partition coefficient (Wildman–Crippen LogP) is 6.41. The molecular weight excluding hydrogens is 533 g/mol. The number of fused-ring (bicyclic) bond motifs is 3. The summed E-state index contributed by atoms with van der Waals surface area (Å²) in [6.07, 6.45) is -2.49. The highest BCUT2D eigenvalue weighted by Crippen LogP contribution is 2.47. The van der Waals surface area contributed by atoms with Crippen molar-refractivity contribution in [2.75, 3.05) is 23.3 Å². The van der Waals surface area contributed by atoms with E-state index in [0.717, 1.165) is 17.7 Å². The van der Waals surface area contributed by atoms with Crippen LogP contribution in [0.5, 0.6) is 0 Å². The number of hydrogen-bond donors (Lipinski definition) is 2. The third-order valence-electron chi connectivity index (χ3n) is 8.07. The van der Waals surface area contributed by atoms with E-state index in [1.165, 1.54) is 10.7 Å². The average molecular weight is 565 g/mol. The number of pyridine rings is 1. The van der Waals surface area contributed by atoms with Gasteiger partial charge in [0.05, 0.1) is 28.3 Å². The Labute approximate surface area is 235 Å². The first-order valence-electron chi connectivity index (χ1n) is 13.7. The Bertz CT molecular complexity index is 1590. The zero-order valence-corrected chi connectivity index (χ0v) is 22.8. The number of alkyl halides is 3. The number of halogens is 3. The van der Waals surface area contributed by atoms with E-state index in [-0.39, 0.29) is 12.0 Å². The molecule has 1 amide bonds. The predicted molar refractivity (Wildman–Crippen MR) is 150 cm³/mol. The van der Waals surface area contributed by atoms with Gasteiger partial charge >= 0.3 is 12.3 Å². The summed E-state index contributed by atoms with van der Waals surface area (Å²) in [5.41, 5.74) is 0.643. The largest absolute Gasteiger partial charge is 0.465 e. The summed E-state index contributed by atoms with van der Waals surface area (Å²) < 4.78 is 42.9. The average Bonchev–Trinajstić information content (AvgIpc) is 3.60. The van der Waals surface area contributed by atoms with E-state index in [9.17, 15) is 23.1 Å². The fraction of sp³-hybridized carbons (Fsp3) is 0.367. The molecule has 0 radical (unpaired) electrons. The lowest BCUT2D eigenvalue weighted by Crippen LogP contribution is -2.56. The van der Waals surface area contributed by atoms with Crippen molar-refractivity contribution in [2.24, 2.45) is 5.92 Å². The molecule has 6 rings (SSSR count). The third-order valence-corrected chi connectivity index (χ3v) is 8.07. The molecule has 214 valence electrons. The molecule has 4 heterocycles. The van der Waals surface area contributed by atoms with Crippen molar-refractivity contribution in [1.82, 2.24) is 19.7 Å². The highest BCUT2D eigenvalue weighted by molar-refractivity contribution is 5.93. The van der Waals surface area contributed by atoms with Crippen LogP contribution in [0, 0.1) is 5.92 Å². The molecule has 0 saturated carbocycles. The topological polar surface area (TPSA) is 86.5 Å². The van der Waals surface area contributed by atoms with E-state index in [1.807, 2.05) is 30.3 Å². The first-order chi connectivity index (χ1) is 19.5. The summed E-state index contributed by atoms with van der Waals surface area (Å²) in [5, 5.41) is 18.6. The second-order valence-electron chi connectivity index (χ2n) is 11.4. The van der Waals surface area contributed by atoms with Gasteiger partial charge in [0.25, 0.3) is 0 Å². The van der Waals surface area contributed by atoms with Gasteiger partial charge in [-0.1, -0.05) is 44.2 Å². The number of piperazine rings is 1. The maximum absolute atomic E-state index is 13.8. The van der Waals surface area contributed by atoms with Crippen molar-refractivity contribution in [2.45, 2.75) is 51.0 Å². The van der Waals surface area contributed by atoms with Crippen LogP contribution in [0.4, 0.5) is 29.6 Å². The van der Waals surface area contributed by atoms with E-state index in [2.05, 4.69) is 29.0 Å². The number of hydrogen-bond acceptors (Lipinski definition) is 5. The molecule has 2 aliphatic heterocycles. The summed E-state index contributed by atoms with van der Waals surface area (Å²) >= 11 is 0. The Morgan fingerprint density at radius 2 is 1.93 bits per heavy atom. The van der Waals surface area contributed by atoms with E-state index in [4.69, 9.17) is 5.10 Å². The van der Waals surface area contributed by atoms with Crippen LogP contribution in [0.2, 0.25) is 0 Å². The van der Waals surface area contributed by atoms with Gasteiger partial charge in [-0.05, 0) is 48.6 Å². The van der Waals surface area contributed by atoms with E-state index >= 15 is 0 Å². The van der Waals surface area contributed by atoms with Gasteiger partial charge in [0.15, 0.2) is 5.82 Å². The zero-order chi connectivity index (χ0) is 28.9. The second-order valence-corrected chi connectivity index (χ2v) is 11.4. The number of anilines is 2. The molecule has 2 aliphatic rings. The molecule has 2 atom stereocenters. The number of nitrogens with zero attached hydrogens (tertiary/aromatic N) is 5. The lowest BCUT2D eigenvalue weighted by Gasteiger charge is -2.41. The van der Waals surface area contributed by atoms with E-state index in [0.29, 0.717) is 60.7 Å². The third kappa shape index (κ3) is 4.93. The minimum Gasteiger partial charge on any atom is -0.465 e. The second kappa shape index (κ2) is 9.97. The number of nitrogens with one attached hydrogen (secondary N) is 1. The van der Waals surface area contributed by atoms with Crippen molar-refractivity contribution in [3.05, 3.63) is 78.0 Å². The van der Waals surface area contributed by atoms with Gasteiger partial charge in [0.1, 0.15) is 5.82 Å². The number of rotatable bonds is 7. The Kier molecular flexibility index (Phi) is 6.55. The van der Waals surface area contributed by atoms with Crippen LogP contribution in [0.1, 0.15) is 37.8 Å². The molecule has 0 aliphatic carbocycles. The standard InChI is InChI=1S/C30H31F3N6O2/c1-19(2)14-29-15-23(17-38(29)28(40)41)37(18-29)27-24-9-8-21(30(31,32)33)12-25(24)39(36-27)22-10-11-34-26(13-22)35-16-20-6-4-3-5-7-20/h3-13,19,23H,14-18H2,1-2H3,(H,34,35)(H,40,41)/t23-,29-/m0/s1. The Morgan fingerprint density at radius 1 is 1.15 bits per heavy atom. The molecule has 4 aromatic rings. The number of amides is 1. The fourth-order valence-corrected chi connectivity index (χ4v) is 6.49. The summed E-state index contributed by atoms with van der Waals surface area (Å²) in [6.45, 7) is 5.45. The lowest BCUT2D eigenvalue weighted by molar-refractivity contribution is -0.137. The van der Waals surface area contributed by atoms with Gasteiger partial charge in [0.2, 0.25) is 0 Å². The molecule has 2 aromatic heterocycles. The van der Waals surface area contributed by atoms with Gasteiger partial charge in [-0.2, -0.15) is 13.2 Å². The Morgan fingerprint density at radius 3 is 2.63 bits per heavy atom. The van der Waals surface area contributed by atoms with Crippen molar-refractivity contribution in [1.29, 1.82) is 0 Å². The normalized spacial score (nSPS) is 20.4. The zero-order valence-electron chi connectivity index (χ0n) is 22.8. The lowest BCUT2D eigenvalue weighted by atomic mass is 9.88. The highest BCUT2D eigenvalue weighted by Gasteiger charge is 2.57. The van der Waals surface area contributed by atoms with Gasteiger partial charge in [0, 0.05) is 37.3 Å². The van der Waals surface area contributed by atoms with Gasteiger partial charge in [-0.3, -0.25) is 4.90 Å². The van der Waals surface area contributed by atoms with Crippen LogP contribution in [0.25, 0.3) is 16.6 Å². The van der Waals surface area contributed by atoms with Crippen LogP contribution in [0.15, 0.2) is 66.9 Å². The van der Waals surface area contributed by atoms with Gasteiger partial charge in [-0.15, -0.1) is 5.10 Å². The van der Waals surface area contributed by atoms with Crippen LogP contribution >= 0.6 is 0 Å². The van der Waals surface area contributed by atoms with Crippen molar-refractivity contribution in [3.8, 4) is 5.69 Å². The summed E-state index contributed by atoms with van der Waals surface area (Å²) in [5.74, 6) is 1.40. The van der Waals surface area contributed by atoms with Crippen LogP contribution in [0.3, 0.4) is 0 Å². The molecule has 0 unspecified atom stereocenters.